The summed E-state index contributed by atoms with van der Waals surface area (Å²) >= 11 is 11.8. The van der Waals surface area contributed by atoms with Gasteiger partial charge in [0.05, 0.1) is 5.69 Å². The standard InChI is InChI=1S/C15H13Cl2FN2O/c1-20(8-9-4-11(16)7-12(17)5-9)15(21)10-2-3-13(18)14(19)6-10/h2-7H,8,19H2,1H3. The van der Waals surface area contributed by atoms with Crippen molar-refractivity contribution in [3.8, 4) is 0 Å². The molecule has 3 nitrogen and oxygen atoms in total. The van der Waals surface area contributed by atoms with Crippen molar-refractivity contribution in [2.75, 3.05) is 12.8 Å². The van der Waals surface area contributed by atoms with Crippen LogP contribution >= 0.6 is 23.2 Å². The Morgan fingerprint density at radius 2 is 1.81 bits per heavy atom. The third-order valence-electron chi connectivity index (χ3n) is 2.93. The van der Waals surface area contributed by atoms with E-state index < -0.39 is 5.82 Å². The molecule has 0 heterocycles. The molecule has 0 saturated heterocycles. The third-order valence-corrected chi connectivity index (χ3v) is 3.37. The molecule has 0 spiro atoms. The van der Waals surface area contributed by atoms with Gasteiger partial charge < -0.3 is 10.6 Å². The van der Waals surface area contributed by atoms with Crippen LogP contribution in [0.1, 0.15) is 15.9 Å². The highest BCUT2D eigenvalue weighted by atomic mass is 35.5. The fourth-order valence-corrected chi connectivity index (χ4v) is 2.52. The number of hydrogen-bond acceptors (Lipinski definition) is 2. The Morgan fingerprint density at radius 1 is 1.19 bits per heavy atom. The summed E-state index contributed by atoms with van der Waals surface area (Å²) in [6.07, 6.45) is 0. The number of anilines is 1. The maximum Gasteiger partial charge on any atom is 0.253 e. The number of amides is 1. The molecular weight excluding hydrogens is 314 g/mol. The van der Waals surface area contributed by atoms with E-state index in [1.165, 1.54) is 23.1 Å². The molecule has 2 rings (SSSR count). The second-order valence-corrected chi connectivity index (χ2v) is 5.55. The minimum Gasteiger partial charge on any atom is -0.396 e. The van der Waals surface area contributed by atoms with Gasteiger partial charge in [0.25, 0.3) is 5.91 Å². The first kappa shape index (κ1) is 15.6. The Bertz CT molecular complexity index is 671. The number of nitrogens with zero attached hydrogens (tertiary/aromatic N) is 1. The van der Waals surface area contributed by atoms with Gasteiger partial charge in [-0.05, 0) is 42.0 Å². The maximum atomic E-state index is 13.1. The quantitative estimate of drug-likeness (QED) is 0.867. The molecule has 2 N–H and O–H groups in total. The van der Waals surface area contributed by atoms with Gasteiger partial charge in [-0.15, -0.1) is 0 Å². The van der Waals surface area contributed by atoms with Crippen molar-refractivity contribution >= 4 is 34.8 Å². The van der Waals surface area contributed by atoms with Crippen LogP contribution in [-0.2, 0) is 6.54 Å². The second kappa shape index (κ2) is 6.33. The van der Waals surface area contributed by atoms with Crippen molar-refractivity contribution in [1.82, 2.24) is 4.90 Å². The summed E-state index contributed by atoms with van der Waals surface area (Å²) in [5.41, 5.74) is 6.54. The SMILES string of the molecule is CN(Cc1cc(Cl)cc(Cl)c1)C(=O)c1ccc(F)c(N)c1. The predicted molar refractivity (Wildman–Crippen MR) is 83.1 cm³/mol. The van der Waals surface area contributed by atoms with Crippen LogP contribution < -0.4 is 5.73 Å². The summed E-state index contributed by atoms with van der Waals surface area (Å²) in [5.74, 6) is -0.811. The number of carbonyl (C=O) groups is 1. The van der Waals surface area contributed by atoms with Crippen LogP contribution in [0.2, 0.25) is 10.0 Å². The van der Waals surface area contributed by atoms with E-state index in [0.717, 1.165) is 5.56 Å². The normalized spacial score (nSPS) is 10.5. The molecule has 21 heavy (non-hydrogen) atoms. The highest BCUT2D eigenvalue weighted by molar-refractivity contribution is 6.34. The molecule has 0 bridgehead atoms. The van der Waals surface area contributed by atoms with Gasteiger partial charge in [-0.3, -0.25) is 4.79 Å². The number of carbonyl (C=O) groups excluding carboxylic acids is 1. The van der Waals surface area contributed by atoms with Crippen LogP contribution in [0.3, 0.4) is 0 Å². The van der Waals surface area contributed by atoms with E-state index in [4.69, 9.17) is 28.9 Å². The first-order valence-corrected chi connectivity index (χ1v) is 6.88. The minimum atomic E-state index is -0.546. The fraction of sp³-hybridized carbons (Fsp3) is 0.133. The summed E-state index contributed by atoms with van der Waals surface area (Å²) in [5, 5.41) is 1.01. The van der Waals surface area contributed by atoms with Crippen molar-refractivity contribution in [3.63, 3.8) is 0 Å². The number of hydrogen-bond donors (Lipinski definition) is 1. The molecule has 0 radical (unpaired) electrons. The first-order valence-electron chi connectivity index (χ1n) is 6.12. The van der Waals surface area contributed by atoms with E-state index >= 15 is 0 Å². The van der Waals surface area contributed by atoms with Gasteiger partial charge in [0.2, 0.25) is 0 Å². The molecule has 0 aromatic heterocycles. The summed E-state index contributed by atoms with van der Waals surface area (Å²) < 4.78 is 13.1. The molecule has 2 aromatic carbocycles. The smallest absolute Gasteiger partial charge is 0.253 e. The summed E-state index contributed by atoms with van der Waals surface area (Å²) in [4.78, 5) is 13.7. The van der Waals surface area contributed by atoms with Gasteiger partial charge in [0, 0.05) is 29.2 Å². The van der Waals surface area contributed by atoms with Crippen molar-refractivity contribution in [3.05, 3.63) is 63.4 Å². The number of halogens is 3. The van der Waals surface area contributed by atoms with Gasteiger partial charge in [0.15, 0.2) is 0 Å². The Morgan fingerprint density at radius 3 is 2.38 bits per heavy atom. The van der Waals surface area contributed by atoms with E-state index in [-0.39, 0.29) is 11.6 Å². The molecule has 1 amide bonds. The number of rotatable bonds is 3. The second-order valence-electron chi connectivity index (χ2n) is 4.68. The number of nitrogens with two attached hydrogens (primary N) is 1. The van der Waals surface area contributed by atoms with Crippen LogP contribution in [0, 0.1) is 5.82 Å². The van der Waals surface area contributed by atoms with Crippen molar-refractivity contribution in [1.29, 1.82) is 0 Å². The van der Waals surface area contributed by atoms with Crippen LogP contribution in [0.4, 0.5) is 10.1 Å². The van der Waals surface area contributed by atoms with Gasteiger partial charge in [-0.2, -0.15) is 0 Å². The van der Waals surface area contributed by atoms with Crippen LogP contribution in [-0.4, -0.2) is 17.9 Å². The lowest BCUT2D eigenvalue weighted by atomic mass is 10.1. The van der Waals surface area contributed by atoms with E-state index in [2.05, 4.69) is 0 Å². The maximum absolute atomic E-state index is 13.1. The zero-order chi connectivity index (χ0) is 15.6. The number of nitrogen functional groups attached to an aromatic ring is 1. The van der Waals surface area contributed by atoms with E-state index in [0.29, 0.717) is 22.2 Å². The molecular formula is C15H13Cl2FN2O. The predicted octanol–water partition coefficient (Wildman–Crippen LogP) is 3.99. The first-order chi connectivity index (χ1) is 9.86. The largest absolute Gasteiger partial charge is 0.396 e. The molecule has 0 aliphatic heterocycles. The molecule has 0 aliphatic rings. The van der Waals surface area contributed by atoms with E-state index in [9.17, 15) is 9.18 Å². The van der Waals surface area contributed by atoms with Gasteiger partial charge >= 0.3 is 0 Å². The zero-order valence-electron chi connectivity index (χ0n) is 11.2. The monoisotopic (exact) mass is 326 g/mol. The average Bonchev–Trinajstić information content (AvgIpc) is 2.39. The third kappa shape index (κ3) is 3.86. The Hall–Kier alpha value is -1.78. The number of benzene rings is 2. The van der Waals surface area contributed by atoms with Crippen LogP contribution in [0.5, 0.6) is 0 Å². The highest BCUT2D eigenvalue weighted by Crippen LogP contribution is 2.21. The topological polar surface area (TPSA) is 46.3 Å². The molecule has 0 atom stereocenters. The van der Waals surface area contributed by atoms with Gasteiger partial charge in [-0.25, -0.2) is 4.39 Å². The molecule has 0 unspecified atom stereocenters. The summed E-state index contributed by atoms with van der Waals surface area (Å²) in [6.45, 7) is 0.330. The average molecular weight is 327 g/mol. The fourth-order valence-electron chi connectivity index (χ4n) is 1.95. The molecule has 0 aliphatic carbocycles. The summed E-state index contributed by atoms with van der Waals surface area (Å²) in [6, 6.07) is 8.98. The van der Waals surface area contributed by atoms with Crippen LogP contribution in [0.25, 0.3) is 0 Å². The molecule has 6 heteroatoms. The molecule has 0 saturated carbocycles. The zero-order valence-corrected chi connectivity index (χ0v) is 12.7. The van der Waals surface area contributed by atoms with Crippen molar-refractivity contribution in [2.45, 2.75) is 6.54 Å². The molecule has 110 valence electrons. The van der Waals surface area contributed by atoms with Gasteiger partial charge in [0.1, 0.15) is 5.82 Å². The Labute approximate surface area is 132 Å². The summed E-state index contributed by atoms with van der Waals surface area (Å²) in [7, 11) is 1.64. The van der Waals surface area contributed by atoms with Crippen molar-refractivity contribution in [2.24, 2.45) is 0 Å². The van der Waals surface area contributed by atoms with E-state index in [1.807, 2.05) is 0 Å². The lowest BCUT2D eigenvalue weighted by Gasteiger charge is -2.18. The molecule has 0 fully saturated rings. The molecule has 2 aromatic rings. The van der Waals surface area contributed by atoms with Crippen molar-refractivity contribution < 1.29 is 9.18 Å². The Kier molecular flexibility index (Phi) is 4.70. The van der Waals surface area contributed by atoms with Crippen LogP contribution in [0.15, 0.2) is 36.4 Å². The minimum absolute atomic E-state index is 0.0555. The Balaban J connectivity index is 2.17. The van der Waals surface area contributed by atoms with E-state index in [1.54, 1.807) is 25.2 Å². The van der Waals surface area contributed by atoms with Gasteiger partial charge in [-0.1, -0.05) is 23.2 Å². The lowest BCUT2D eigenvalue weighted by Crippen LogP contribution is -2.26. The lowest BCUT2D eigenvalue weighted by molar-refractivity contribution is 0.0785. The highest BCUT2D eigenvalue weighted by Gasteiger charge is 2.14.